The van der Waals surface area contributed by atoms with Gasteiger partial charge in [0.15, 0.2) is 11.5 Å². The molecule has 0 radical (unpaired) electrons. The Labute approximate surface area is 159 Å². The molecule has 0 amide bonds. The number of anilines is 2. The SMILES string of the molecule is CN(CCC1CCN(c2ccncc2)CC1)c1nc2ccccn2c1C#N. The van der Waals surface area contributed by atoms with Crippen molar-refractivity contribution in [1.29, 1.82) is 5.26 Å². The second kappa shape index (κ2) is 7.67. The maximum atomic E-state index is 9.56. The van der Waals surface area contributed by atoms with Gasteiger partial charge in [-0.1, -0.05) is 6.07 Å². The van der Waals surface area contributed by atoms with Crippen LogP contribution in [0.3, 0.4) is 0 Å². The van der Waals surface area contributed by atoms with Gasteiger partial charge in [-0.25, -0.2) is 4.98 Å². The van der Waals surface area contributed by atoms with E-state index in [2.05, 4.69) is 38.0 Å². The molecule has 0 N–H and O–H groups in total. The van der Waals surface area contributed by atoms with E-state index in [1.807, 2.05) is 48.2 Å². The van der Waals surface area contributed by atoms with Crippen LogP contribution in [-0.4, -0.2) is 41.1 Å². The zero-order valence-corrected chi connectivity index (χ0v) is 15.6. The van der Waals surface area contributed by atoms with E-state index in [0.717, 1.165) is 37.5 Å². The molecule has 0 aliphatic carbocycles. The molecule has 4 rings (SSSR count). The number of imidazole rings is 1. The fourth-order valence-electron chi connectivity index (χ4n) is 3.87. The lowest BCUT2D eigenvalue weighted by Gasteiger charge is -2.34. The van der Waals surface area contributed by atoms with E-state index in [-0.39, 0.29) is 0 Å². The third-order valence-electron chi connectivity index (χ3n) is 5.49. The lowest BCUT2D eigenvalue weighted by molar-refractivity contribution is 0.384. The molecule has 6 heteroatoms. The predicted octanol–water partition coefficient (Wildman–Crippen LogP) is 3.34. The molecular weight excluding hydrogens is 336 g/mol. The molecular formula is C21H24N6. The number of hydrogen-bond acceptors (Lipinski definition) is 5. The van der Waals surface area contributed by atoms with Crippen LogP contribution < -0.4 is 9.80 Å². The number of nitriles is 1. The number of nitrogens with zero attached hydrogens (tertiary/aromatic N) is 6. The molecule has 27 heavy (non-hydrogen) atoms. The summed E-state index contributed by atoms with van der Waals surface area (Å²) in [6.45, 7) is 3.10. The van der Waals surface area contributed by atoms with Crippen LogP contribution in [0.2, 0.25) is 0 Å². The van der Waals surface area contributed by atoms with Gasteiger partial charge in [-0.15, -0.1) is 0 Å². The molecule has 1 fully saturated rings. The third kappa shape index (κ3) is 3.59. The number of rotatable bonds is 5. The van der Waals surface area contributed by atoms with Crippen LogP contribution in [0.25, 0.3) is 5.65 Å². The van der Waals surface area contributed by atoms with Crippen LogP contribution >= 0.6 is 0 Å². The molecule has 3 aromatic rings. The first-order valence-electron chi connectivity index (χ1n) is 9.49. The molecule has 0 saturated carbocycles. The highest BCUT2D eigenvalue weighted by molar-refractivity contribution is 5.60. The predicted molar refractivity (Wildman–Crippen MR) is 107 cm³/mol. The summed E-state index contributed by atoms with van der Waals surface area (Å²) >= 11 is 0. The first kappa shape index (κ1) is 17.3. The number of pyridine rings is 2. The second-order valence-corrected chi connectivity index (χ2v) is 7.17. The van der Waals surface area contributed by atoms with E-state index in [9.17, 15) is 5.26 Å². The largest absolute Gasteiger partial charge is 0.371 e. The third-order valence-corrected chi connectivity index (χ3v) is 5.49. The normalized spacial score (nSPS) is 15.0. The molecule has 1 saturated heterocycles. The van der Waals surface area contributed by atoms with E-state index in [1.54, 1.807) is 0 Å². The van der Waals surface area contributed by atoms with Crippen molar-refractivity contribution in [2.45, 2.75) is 19.3 Å². The van der Waals surface area contributed by atoms with Gasteiger partial charge >= 0.3 is 0 Å². The summed E-state index contributed by atoms with van der Waals surface area (Å²) in [6, 6.07) is 12.3. The van der Waals surface area contributed by atoms with Gasteiger partial charge in [0.25, 0.3) is 0 Å². The first-order chi connectivity index (χ1) is 13.3. The Morgan fingerprint density at radius 2 is 1.96 bits per heavy atom. The molecule has 0 atom stereocenters. The summed E-state index contributed by atoms with van der Waals surface area (Å²) in [6.07, 6.45) is 9.14. The van der Waals surface area contributed by atoms with E-state index >= 15 is 0 Å². The fraction of sp³-hybridized carbons (Fsp3) is 0.381. The number of fused-ring (bicyclic) bond motifs is 1. The van der Waals surface area contributed by atoms with E-state index in [1.165, 1.54) is 18.5 Å². The zero-order valence-electron chi connectivity index (χ0n) is 15.6. The Morgan fingerprint density at radius 3 is 2.70 bits per heavy atom. The van der Waals surface area contributed by atoms with Crippen LogP contribution in [-0.2, 0) is 0 Å². The van der Waals surface area contributed by atoms with Gasteiger partial charge in [0.1, 0.15) is 11.7 Å². The number of hydrogen-bond donors (Lipinski definition) is 0. The van der Waals surface area contributed by atoms with Gasteiger partial charge < -0.3 is 9.80 Å². The molecule has 0 bridgehead atoms. The summed E-state index contributed by atoms with van der Waals surface area (Å²) in [5, 5.41) is 9.56. The maximum absolute atomic E-state index is 9.56. The van der Waals surface area contributed by atoms with Crippen LogP contribution in [0.4, 0.5) is 11.5 Å². The second-order valence-electron chi connectivity index (χ2n) is 7.17. The van der Waals surface area contributed by atoms with Crippen molar-refractivity contribution in [1.82, 2.24) is 14.4 Å². The highest BCUT2D eigenvalue weighted by atomic mass is 15.2. The standard InChI is InChI=1S/C21H24N6/c1-25(21-19(16-22)27-12-3-2-4-20(27)24-21)13-7-17-8-14-26(15-9-17)18-5-10-23-11-6-18/h2-6,10-12,17H,7-9,13-15H2,1H3. The Balaban J connectivity index is 1.35. The highest BCUT2D eigenvalue weighted by Gasteiger charge is 2.21. The quantitative estimate of drug-likeness (QED) is 0.698. The van der Waals surface area contributed by atoms with E-state index in [4.69, 9.17) is 0 Å². The molecule has 0 spiro atoms. The minimum atomic E-state index is 0.612. The minimum Gasteiger partial charge on any atom is -0.371 e. The summed E-state index contributed by atoms with van der Waals surface area (Å²) in [7, 11) is 2.04. The van der Waals surface area contributed by atoms with Crippen LogP contribution in [0, 0.1) is 17.2 Å². The smallest absolute Gasteiger partial charge is 0.169 e. The molecule has 1 aliphatic rings. The Morgan fingerprint density at radius 1 is 1.19 bits per heavy atom. The van der Waals surface area contributed by atoms with Gasteiger partial charge in [-0.3, -0.25) is 9.38 Å². The van der Waals surface area contributed by atoms with Gasteiger partial charge in [-0.2, -0.15) is 5.26 Å². The first-order valence-corrected chi connectivity index (χ1v) is 9.49. The molecule has 138 valence electrons. The van der Waals surface area contributed by atoms with Crippen LogP contribution in [0.5, 0.6) is 0 Å². The molecule has 0 aromatic carbocycles. The Hall–Kier alpha value is -3.07. The van der Waals surface area contributed by atoms with E-state index in [0.29, 0.717) is 11.6 Å². The fourth-order valence-corrected chi connectivity index (χ4v) is 3.87. The van der Waals surface area contributed by atoms with Crippen molar-refractivity contribution >= 4 is 17.2 Å². The monoisotopic (exact) mass is 360 g/mol. The summed E-state index contributed by atoms with van der Waals surface area (Å²) in [5.74, 6) is 1.49. The minimum absolute atomic E-state index is 0.612. The van der Waals surface area contributed by atoms with Crippen molar-refractivity contribution < 1.29 is 0 Å². The van der Waals surface area contributed by atoms with Crippen molar-refractivity contribution in [2.75, 3.05) is 36.5 Å². The van der Waals surface area contributed by atoms with E-state index < -0.39 is 0 Å². The topological polar surface area (TPSA) is 60.5 Å². The maximum Gasteiger partial charge on any atom is 0.169 e. The zero-order chi connectivity index (χ0) is 18.6. The molecule has 6 nitrogen and oxygen atoms in total. The molecule has 0 unspecified atom stereocenters. The number of aromatic nitrogens is 3. The molecule has 4 heterocycles. The molecule has 1 aliphatic heterocycles. The summed E-state index contributed by atoms with van der Waals surface area (Å²) in [5.41, 5.74) is 2.70. The van der Waals surface area contributed by atoms with Gasteiger partial charge in [0, 0.05) is 51.0 Å². The van der Waals surface area contributed by atoms with Crippen molar-refractivity contribution in [2.24, 2.45) is 5.92 Å². The van der Waals surface area contributed by atoms with Crippen molar-refractivity contribution in [3.8, 4) is 6.07 Å². The van der Waals surface area contributed by atoms with Crippen LogP contribution in [0.15, 0.2) is 48.9 Å². The number of piperidine rings is 1. The van der Waals surface area contributed by atoms with Gasteiger partial charge in [0.05, 0.1) is 0 Å². The van der Waals surface area contributed by atoms with Crippen molar-refractivity contribution in [3.05, 3.63) is 54.6 Å². The Kier molecular flexibility index (Phi) is 4.93. The Bertz CT molecular complexity index is 934. The van der Waals surface area contributed by atoms with Crippen molar-refractivity contribution in [3.63, 3.8) is 0 Å². The summed E-state index contributed by atoms with van der Waals surface area (Å²) < 4.78 is 1.86. The molecule has 3 aromatic heterocycles. The average Bonchev–Trinajstić information content (AvgIpc) is 3.12. The average molecular weight is 360 g/mol. The summed E-state index contributed by atoms with van der Waals surface area (Å²) in [4.78, 5) is 13.3. The highest BCUT2D eigenvalue weighted by Crippen LogP contribution is 2.26. The lowest BCUT2D eigenvalue weighted by atomic mass is 9.93. The lowest BCUT2D eigenvalue weighted by Crippen LogP contribution is -2.35. The van der Waals surface area contributed by atoms with Crippen LogP contribution in [0.1, 0.15) is 25.0 Å². The van der Waals surface area contributed by atoms with Gasteiger partial charge in [0.2, 0.25) is 0 Å². The van der Waals surface area contributed by atoms with Gasteiger partial charge in [-0.05, 0) is 49.4 Å².